The van der Waals surface area contributed by atoms with Gasteiger partial charge in [0.25, 0.3) is 6.43 Å². The van der Waals surface area contributed by atoms with Crippen LogP contribution in [0.2, 0.25) is 0 Å². The number of nitrogens with zero attached hydrogens (tertiary/aromatic N) is 5. The topological polar surface area (TPSA) is 45.2 Å². The number of pyridine rings is 1. The maximum Gasteiger partial charge on any atom is 0.417 e. The van der Waals surface area contributed by atoms with Crippen molar-refractivity contribution in [3.8, 4) is 0 Å². The quantitative estimate of drug-likeness (QED) is 0.771. The highest BCUT2D eigenvalue weighted by Gasteiger charge is 2.31. The van der Waals surface area contributed by atoms with Crippen LogP contribution < -0.4 is 9.80 Å². The summed E-state index contributed by atoms with van der Waals surface area (Å²) in [5.41, 5.74) is -1.12. The van der Waals surface area contributed by atoms with Crippen molar-refractivity contribution in [1.82, 2.24) is 15.0 Å². The van der Waals surface area contributed by atoms with Gasteiger partial charge >= 0.3 is 6.18 Å². The molecule has 0 aliphatic carbocycles. The molecule has 0 amide bonds. The monoisotopic (exact) mass is 373 g/mol. The van der Waals surface area contributed by atoms with E-state index in [0.717, 1.165) is 12.3 Å². The van der Waals surface area contributed by atoms with Crippen molar-refractivity contribution >= 4 is 11.6 Å². The zero-order chi connectivity index (χ0) is 18.9. The lowest BCUT2D eigenvalue weighted by Crippen LogP contribution is -2.47. The van der Waals surface area contributed by atoms with Crippen LogP contribution in [0.25, 0.3) is 0 Å². The smallest absolute Gasteiger partial charge is 0.353 e. The molecule has 0 aromatic carbocycles. The summed E-state index contributed by atoms with van der Waals surface area (Å²) in [6.45, 7) is 3.51. The first kappa shape index (κ1) is 18.3. The number of piperazine rings is 1. The van der Waals surface area contributed by atoms with Crippen LogP contribution in [0.3, 0.4) is 0 Å². The number of anilines is 2. The van der Waals surface area contributed by atoms with E-state index in [4.69, 9.17) is 0 Å². The molecule has 1 aliphatic rings. The van der Waals surface area contributed by atoms with Crippen molar-refractivity contribution in [3.63, 3.8) is 0 Å². The van der Waals surface area contributed by atoms with Gasteiger partial charge in [-0.3, -0.25) is 0 Å². The number of hydrogen-bond donors (Lipinski definition) is 0. The third-order valence-corrected chi connectivity index (χ3v) is 4.07. The minimum Gasteiger partial charge on any atom is -0.353 e. The normalized spacial score (nSPS) is 15.7. The molecule has 2 aromatic heterocycles. The summed E-state index contributed by atoms with van der Waals surface area (Å²) < 4.78 is 63.6. The molecular weight excluding hydrogens is 357 g/mol. The van der Waals surface area contributed by atoms with Crippen molar-refractivity contribution in [2.75, 3.05) is 36.0 Å². The lowest BCUT2D eigenvalue weighted by molar-refractivity contribution is -0.137. The SMILES string of the molecule is Cc1nc(C(F)F)cc(N2CCN(c3ccc(C(F)(F)F)cn3)CC2)n1. The van der Waals surface area contributed by atoms with Gasteiger partial charge < -0.3 is 9.80 Å². The summed E-state index contributed by atoms with van der Waals surface area (Å²) in [7, 11) is 0. The maximum absolute atomic E-state index is 12.9. The third-order valence-electron chi connectivity index (χ3n) is 4.07. The highest BCUT2D eigenvalue weighted by molar-refractivity contribution is 5.46. The number of rotatable bonds is 3. The zero-order valence-electron chi connectivity index (χ0n) is 13.8. The molecule has 0 atom stereocenters. The first-order valence-corrected chi connectivity index (χ1v) is 7.91. The predicted molar refractivity (Wildman–Crippen MR) is 85.4 cm³/mol. The second kappa shape index (κ2) is 7.00. The van der Waals surface area contributed by atoms with Crippen LogP contribution >= 0.6 is 0 Å². The van der Waals surface area contributed by atoms with Crippen molar-refractivity contribution in [2.24, 2.45) is 0 Å². The van der Waals surface area contributed by atoms with Crippen LogP contribution in [0.1, 0.15) is 23.5 Å². The van der Waals surface area contributed by atoms with Gasteiger partial charge in [0.1, 0.15) is 23.2 Å². The van der Waals surface area contributed by atoms with E-state index in [-0.39, 0.29) is 11.5 Å². The number of alkyl halides is 5. The predicted octanol–water partition coefficient (Wildman–Crippen LogP) is 3.46. The Morgan fingerprint density at radius 1 is 0.962 bits per heavy atom. The fourth-order valence-electron chi connectivity index (χ4n) is 2.75. The Labute approximate surface area is 146 Å². The van der Waals surface area contributed by atoms with E-state index in [1.165, 1.54) is 12.1 Å². The first-order valence-electron chi connectivity index (χ1n) is 7.91. The largest absolute Gasteiger partial charge is 0.417 e. The molecule has 1 saturated heterocycles. The summed E-state index contributed by atoms with van der Waals surface area (Å²) >= 11 is 0. The minimum atomic E-state index is -4.42. The first-order chi connectivity index (χ1) is 12.2. The average Bonchev–Trinajstić information content (AvgIpc) is 2.61. The van der Waals surface area contributed by atoms with Gasteiger partial charge in [-0.1, -0.05) is 0 Å². The molecule has 140 valence electrons. The summed E-state index contributed by atoms with van der Waals surface area (Å²) in [6.07, 6.45) is -6.28. The third kappa shape index (κ3) is 4.00. The Morgan fingerprint density at radius 3 is 2.08 bits per heavy atom. The summed E-state index contributed by atoms with van der Waals surface area (Å²) in [6, 6.07) is 3.60. The van der Waals surface area contributed by atoms with Crippen LogP contribution in [0, 0.1) is 6.92 Å². The molecule has 0 spiro atoms. The Bertz CT molecular complexity index is 755. The summed E-state index contributed by atoms with van der Waals surface area (Å²) in [5.74, 6) is 1.14. The Kier molecular flexibility index (Phi) is 4.92. The molecule has 0 saturated carbocycles. The molecule has 0 radical (unpaired) electrons. The van der Waals surface area contributed by atoms with Crippen LogP contribution in [0.4, 0.5) is 33.6 Å². The van der Waals surface area contributed by atoms with E-state index in [1.54, 1.807) is 6.92 Å². The van der Waals surface area contributed by atoms with Crippen LogP contribution in [0.15, 0.2) is 24.4 Å². The number of halogens is 5. The second-order valence-electron chi connectivity index (χ2n) is 5.88. The molecule has 10 heteroatoms. The van der Waals surface area contributed by atoms with Gasteiger partial charge in [0.2, 0.25) is 0 Å². The molecule has 0 unspecified atom stereocenters. The molecule has 0 N–H and O–H groups in total. The van der Waals surface area contributed by atoms with E-state index in [2.05, 4.69) is 15.0 Å². The van der Waals surface area contributed by atoms with Gasteiger partial charge in [-0.25, -0.2) is 23.7 Å². The van der Waals surface area contributed by atoms with Gasteiger partial charge in [-0.05, 0) is 19.1 Å². The Balaban J connectivity index is 1.68. The van der Waals surface area contributed by atoms with Crippen molar-refractivity contribution in [2.45, 2.75) is 19.5 Å². The molecule has 1 fully saturated rings. The molecule has 1 aliphatic heterocycles. The van der Waals surface area contributed by atoms with Gasteiger partial charge in [0, 0.05) is 38.4 Å². The lowest BCUT2D eigenvalue weighted by atomic mass is 10.2. The van der Waals surface area contributed by atoms with E-state index >= 15 is 0 Å². The molecule has 3 rings (SSSR count). The molecule has 5 nitrogen and oxygen atoms in total. The van der Waals surface area contributed by atoms with Crippen LogP contribution in [-0.2, 0) is 6.18 Å². The highest BCUT2D eigenvalue weighted by atomic mass is 19.4. The maximum atomic E-state index is 12.9. The van der Waals surface area contributed by atoms with Crippen LogP contribution in [-0.4, -0.2) is 41.1 Å². The molecule has 26 heavy (non-hydrogen) atoms. The number of aromatic nitrogens is 3. The molecule has 0 bridgehead atoms. The van der Waals surface area contributed by atoms with Crippen LogP contribution in [0.5, 0.6) is 0 Å². The lowest BCUT2D eigenvalue weighted by Gasteiger charge is -2.36. The fourth-order valence-corrected chi connectivity index (χ4v) is 2.75. The standard InChI is InChI=1S/C16H16F5N5/c1-10-23-12(15(17)18)8-14(24-10)26-6-4-25(5-7-26)13-3-2-11(9-22-13)16(19,20)21/h2-3,8-9,15H,4-7H2,1H3. The fraction of sp³-hybridized carbons (Fsp3) is 0.438. The molecular formula is C16H16F5N5. The molecule has 2 aromatic rings. The zero-order valence-corrected chi connectivity index (χ0v) is 13.8. The number of aryl methyl sites for hydroxylation is 1. The van der Waals surface area contributed by atoms with E-state index in [1.807, 2.05) is 9.80 Å². The minimum absolute atomic E-state index is 0.268. The van der Waals surface area contributed by atoms with Crippen molar-refractivity contribution < 1.29 is 22.0 Å². The Morgan fingerprint density at radius 2 is 1.58 bits per heavy atom. The van der Waals surface area contributed by atoms with Crippen molar-refractivity contribution in [1.29, 1.82) is 0 Å². The van der Waals surface area contributed by atoms with E-state index in [0.29, 0.717) is 37.8 Å². The van der Waals surface area contributed by atoms with Gasteiger partial charge in [-0.15, -0.1) is 0 Å². The van der Waals surface area contributed by atoms with Gasteiger partial charge in [0.05, 0.1) is 5.56 Å². The number of hydrogen-bond acceptors (Lipinski definition) is 5. The van der Waals surface area contributed by atoms with Gasteiger partial charge in [0.15, 0.2) is 0 Å². The van der Waals surface area contributed by atoms with Gasteiger partial charge in [-0.2, -0.15) is 13.2 Å². The van der Waals surface area contributed by atoms with E-state index in [9.17, 15) is 22.0 Å². The highest BCUT2D eigenvalue weighted by Crippen LogP contribution is 2.29. The van der Waals surface area contributed by atoms with E-state index < -0.39 is 18.2 Å². The Hall–Kier alpha value is -2.52. The average molecular weight is 373 g/mol. The summed E-state index contributed by atoms with van der Waals surface area (Å²) in [5, 5.41) is 0. The summed E-state index contributed by atoms with van der Waals surface area (Å²) in [4.78, 5) is 15.5. The van der Waals surface area contributed by atoms with Crippen molar-refractivity contribution in [3.05, 3.63) is 41.5 Å². The second-order valence-corrected chi connectivity index (χ2v) is 5.88. The molecule has 3 heterocycles.